The molecule has 1 saturated heterocycles. The van der Waals surface area contributed by atoms with Gasteiger partial charge in [0.1, 0.15) is 0 Å². The van der Waals surface area contributed by atoms with Gasteiger partial charge in [-0.25, -0.2) is 9.97 Å². The molecule has 4 heterocycles. The number of hydrogen-bond acceptors (Lipinski definition) is 7. The zero-order valence-electron chi connectivity index (χ0n) is 19.0. The molecule has 7 nitrogen and oxygen atoms in total. The van der Waals surface area contributed by atoms with Crippen LogP contribution in [0.2, 0.25) is 0 Å². The largest absolute Gasteiger partial charge is 0.379 e. The predicted octanol–water partition coefficient (Wildman–Crippen LogP) is 4.07. The second-order valence-corrected chi connectivity index (χ2v) is 9.14. The number of rotatable bonds is 5. The maximum Gasteiger partial charge on any atom is 0.227 e. The zero-order chi connectivity index (χ0) is 22.8. The van der Waals surface area contributed by atoms with E-state index < -0.39 is 0 Å². The van der Waals surface area contributed by atoms with Crippen molar-refractivity contribution >= 4 is 34.5 Å². The van der Waals surface area contributed by atoms with Crippen LogP contribution >= 0.6 is 12.2 Å². The Morgan fingerprint density at radius 2 is 1.97 bits per heavy atom. The van der Waals surface area contributed by atoms with Gasteiger partial charge in [-0.1, -0.05) is 24.4 Å². The first-order valence-electron chi connectivity index (χ1n) is 11.3. The fourth-order valence-corrected chi connectivity index (χ4v) is 4.50. The molecule has 2 N–H and O–H groups in total. The average molecular weight is 461 g/mol. The number of aromatic nitrogens is 3. The minimum Gasteiger partial charge on any atom is -0.379 e. The van der Waals surface area contributed by atoms with E-state index in [0.29, 0.717) is 12.4 Å². The van der Waals surface area contributed by atoms with Crippen molar-refractivity contribution in [2.24, 2.45) is 0 Å². The first-order chi connectivity index (χ1) is 16.0. The summed E-state index contributed by atoms with van der Waals surface area (Å²) in [6, 6.07) is 8.46. The van der Waals surface area contributed by atoms with Gasteiger partial charge in [-0.2, -0.15) is 0 Å². The van der Waals surface area contributed by atoms with Gasteiger partial charge in [0.2, 0.25) is 5.95 Å². The maximum atomic E-state index is 5.53. The topological polar surface area (TPSA) is 75.2 Å². The Balaban J connectivity index is 1.39. The van der Waals surface area contributed by atoms with E-state index in [1.165, 1.54) is 11.1 Å². The Labute approximate surface area is 199 Å². The molecule has 0 spiro atoms. The fourth-order valence-electron chi connectivity index (χ4n) is 4.24. The number of benzene rings is 1. The molecule has 8 heteroatoms. The monoisotopic (exact) mass is 460 g/mol. The summed E-state index contributed by atoms with van der Waals surface area (Å²) in [5.41, 5.74) is 8.18. The summed E-state index contributed by atoms with van der Waals surface area (Å²) < 4.78 is 5.44. The molecule has 0 unspecified atom stereocenters. The highest BCUT2D eigenvalue weighted by atomic mass is 32.1. The Morgan fingerprint density at radius 3 is 2.82 bits per heavy atom. The summed E-state index contributed by atoms with van der Waals surface area (Å²) >= 11 is 5.53. The van der Waals surface area contributed by atoms with Gasteiger partial charge >= 0.3 is 0 Å². The molecule has 1 aromatic carbocycles. The molecule has 0 aliphatic carbocycles. The van der Waals surface area contributed by atoms with E-state index in [9.17, 15) is 0 Å². The second kappa shape index (κ2) is 9.51. The van der Waals surface area contributed by atoms with Crippen molar-refractivity contribution in [2.75, 3.05) is 43.5 Å². The molecule has 0 saturated carbocycles. The molecule has 5 rings (SSSR count). The molecule has 0 atom stereocenters. The number of nitrogens with one attached hydrogen (secondary N) is 2. The number of nitrogens with zero attached hydrogens (tertiary/aromatic N) is 4. The van der Waals surface area contributed by atoms with Gasteiger partial charge in [-0.15, -0.1) is 0 Å². The van der Waals surface area contributed by atoms with E-state index in [-0.39, 0.29) is 0 Å². The van der Waals surface area contributed by atoms with Gasteiger partial charge in [-0.05, 0) is 43.5 Å². The van der Waals surface area contributed by atoms with Crippen LogP contribution in [0.3, 0.4) is 0 Å². The molecule has 2 aliphatic heterocycles. The van der Waals surface area contributed by atoms with Gasteiger partial charge in [0.15, 0.2) is 0 Å². The lowest BCUT2D eigenvalue weighted by Crippen LogP contribution is -2.37. The SMILES string of the molecule is Cc1ccc2c(c1)NC(=S)Cc1cnc(Nc3cc(CCN4CCOCC4)cnc3C)nc1-2. The van der Waals surface area contributed by atoms with Gasteiger partial charge in [0, 0.05) is 55.3 Å². The molecule has 0 bridgehead atoms. The smallest absolute Gasteiger partial charge is 0.227 e. The van der Waals surface area contributed by atoms with Crippen LogP contribution in [0.1, 0.15) is 22.4 Å². The molecule has 3 aromatic rings. The summed E-state index contributed by atoms with van der Waals surface area (Å²) in [6.07, 6.45) is 5.40. The number of anilines is 3. The van der Waals surface area contributed by atoms with Gasteiger partial charge in [0.25, 0.3) is 0 Å². The van der Waals surface area contributed by atoms with Crippen molar-refractivity contribution < 1.29 is 4.74 Å². The lowest BCUT2D eigenvalue weighted by Gasteiger charge is -2.26. The molecule has 0 radical (unpaired) electrons. The van der Waals surface area contributed by atoms with Crippen LogP contribution in [0.5, 0.6) is 0 Å². The third-order valence-electron chi connectivity index (χ3n) is 6.13. The van der Waals surface area contributed by atoms with Crippen LogP contribution < -0.4 is 10.6 Å². The van der Waals surface area contributed by atoms with Gasteiger partial charge < -0.3 is 15.4 Å². The number of hydrogen-bond donors (Lipinski definition) is 2. The first-order valence-corrected chi connectivity index (χ1v) is 11.8. The van der Waals surface area contributed by atoms with E-state index in [4.69, 9.17) is 21.9 Å². The molecule has 1 fully saturated rings. The Hall–Kier alpha value is -2.94. The summed E-state index contributed by atoms with van der Waals surface area (Å²) in [5, 5.41) is 6.76. The minimum absolute atomic E-state index is 0.559. The maximum absolute atomic E-state index is 5.53. The molecule has 170 valence electrons. The van der Waals surface area contributed by atoms with Crippen LogP contribution in [0.4, 0.5) is 17.3 Å². The minimum atomic E-state index is 0.559. The number of morpholine rings is 1. The number of aryl methyl sites for hydroxylation is 2. The highest BCUT2D eigenvalue weighted by molar-refractivity contribution is 7.80. The predicted molar refractivity (Wildman–Crippen MR) is 135 cm³/mol. The summed E-state index contributed by atoms with van der Waals surface area (Å²) in [4.78, 5) is 17.3. The number of pyridine rings is 1. The number of ether oxygens (including phenoxy) is 1. The first kappa shape index (κ1) is 21.9. The van der Waals surface area contributed by atoms with Gasteiger partial charge in [-0.3, -0.25) is 9.88 Å². The molecular weight excluding hydrogens is 432 g/mol. The van der Waals surface area contributed by atoms with Crippen molar-refractivity contribution in [3.05, 3.63) is 59.0 Å². The van der Waals surface area contributed by atoms with E-state index in [1.807, 2.05) is 19.3 Å². The van der Waals surface area contributed by atoms with Crippen LogP contribution in [0.15, 0.2) is 36.7 Å². The third kappa shape index (κ3) is 5.03. The summed E-state index contributed by atoms with van der Waals surface area (Å²) in [7, 11) is 0. The van der Waals surface area contributed by atoms with Crippen molar-refractivity contribution in [3.63, 3.8) is 0 Å². The van der Waals surface area contributed by atoms with E-state index >= 15 is 0 Å². The quantitative estimate of drug-likeness (QED) is 0.552. The Morgan fingerprint density at radius 1 is 1.12 bits per heavy atom. The van der Waals surface area contributed by atoms with Crippen LogP contribution in [-0.2, 0) is 17.6 Å². The van der Waals surface area contributed by atoms with Crippen LogP contribution in [0.25, 0.3) is 11.3 Å². The fraction of sp³-hybridized carbons (Fsp3) is 0.360. The van der Waals surface area contributed by atoms with E-state index in [2.05, 4.69) is 56.7 Å². The van der Waals surface area contributed by atoms with Crippen molar-refractivity contribution in [3.8, 4) is 11.3 Å². The standard InChI is InChI=1S/C25H28N6OS/c1-16-3-4-20-22(11-16)28-23(33)13-19-15-27-25(30-24(19)20)29-21-12-18(14-26-17(21)2)5-6-31-7-9-32-10-8-31/h3-4,11-12,14-15H,5-10,13H2,1-2H3,(H,28,33)(H,27,29,30). The average Bonchev–Trinajstić information content (AvgIpc) is 2.95. The number of fused-ring (bicyclic) bond motifs is 3. The summed E-state index contributed by atoms with van der Waals surface area (Å²) in [6.45, 7) is 8.70. The molecule has 2 aliphatic rings. The second-order valence-electron chi connectivity index (χ2n) is 8.65. The van der Waals surface area contributed by atoms with E-state index in [0.717, 1.165) is 78.1 Å². The number of thiocarbonyl (C=S) groups is 1. The van der Waals surface area contributed by atoms with E-state index in [1.54, 1.807) is 0 Å². The van der Waals surface area contributed by atoms with Crippen molar-refractivity contribution in [1.29, 1.82) is 0 Å². The lowest BCUT2D eigenvalue weighted by molar-refractivity contribution is 0.0384. The van der Waals surface area contributed by atoms with Crippen LogP contribution in [-0.4, -0.2) is 57.7 Å². The van der Waals surface area contributed by atoms with Crippen molar-refractivity contribution in [1.82, 2.24) is 19.9 Å². The molecular formula is C25H28N6OS. The molecule has 0 amide bonds. The highest BCUT2D eigenvalue weighted by Crippen LogP contribution is 2.34. The highest BCUT2D eigenvalue weighted by Gasteiger charge is 2.20. The van der Waals surface area contributed by atoms with Crippen molar-refractivity contribution in [2.45, 2.75) is 26.7 Å². The van der Waals surface area contributed by atoms with Gasteiger partial charge in [0.05, 0.1) is 35.3 Å². The molecule has 2 aromatic heterocycles. The Bertz CT molecular complexity index is 1190. The normalized spacial score (nSPS) is 15.9. The lowest BCUT2D eigenvalue weighted by atomic mass is 10.0. The Kier molecular flexibility index (Phi) is 6.30. The summed E-state index contributed by atoms with van der Waals surface area (Å²) in [5.74, 6) is 0.559. The zero-order valence-corrected chi connectivity index (χ0v) is 19.8. The van der Waals surface area contributed by atoms with Crippen LogP contribution in [0, 0.1) is 13.8 Å². The molecule has 33 heavy (non-hydrogen) atoms. The third-order valence-corrected chi connectivity index (χ3v) is 6.38.